The van der Waals surface area contributed by atoms with E-state index in [-0.39, 0.29) is 11.9 Å². The summed E-state index contributed by atoms with van der Waals surface area (Å²) < 4.78 is 86.7. The standard InChI is InChI=1S/C15H22FN.C9H5F6NO/c1-17(2)11-12-4-3-5-14(10-12)13-6-8-15(16)9-7-13;10-8(11,12)6-1-5(4-16-17)2-7(3-6)9(13,14)15/h6-9,12,14H,3-5,10-11H2,1-2H3;1-3H,4H2/t12-,14-;/m1./s1. The Labute approximate surface area is 193 Å². The first-order valence-corrected chi connectivity index (χ1v) is 10.8. The van der Waals surface area contributed by atoms with Gasteiger partial charge in [0.2, 0.25) is 0 Å². The quantitative estimate of drug-likeness (QED) is 0.317. The highest BCUT2D eigenvalue weighted by Gasteiger charge is 2.36. The van der Waals surface area contributed by atoms with Crippen molar-refractivity contribution in [2.75, 3.05) is 20.6 Å². The van der Waals surface area contributed by atoms with Gasteiger partial charge in [0.15, 0.2) is 0 Å². The molecular weight excluding hydrogens is 465 g/mol. The molecule has 0 amide bonds. The number of alkyl halides is 6. The summed E-state index contributed by atoms with van der Waals surface area (Å²) in [6.45, 7) is 0.435. The number of nitroso groups, excluding NO2 is 1. The van der Waals surface area contributed by atoms with Crippen LogP contribution in [0.3, 0.4) is 0 Å². The molecule has 0 heterocycles. The SMILES string of the molecule is CN(C)C[C@@H]1CCC[C@@H](c2ccc(F)cc2)C1.O=NCc1cc(C(F)(F)F)cc(C(F)(F)F)c1. The van der Waals surface area contributed by atoms with E-state index < -0.39 is 35.6 Å². The molecule has 1 fully saturated rings. The third-order valence-electron chi connectivity index (χ3n) is 5.64. The van der Waals surface area contributed by atoms with Crippen LogP contribution in [0.25, 0.3) is 0 Å². The van der Waals surface area contributed by atoms with Crippen molar-refractivity contribution in [2.45, 2.75) is 50.5 Å². The lowest BCUT2D eigenvalue weighted by molar-refractivity contribution is -0.143. The molecule has 1 aliphatic carbocycles. The van der Waals surface area contributed by atoms with Crippen LogP contribution in [0.2, 0.25) is 0 Å². The normalized spacial score (nSPS) is 18.9. The zero-order chi connectivity index (χ0) is 25.5. The number of halogens is 7. The van der Waals surface area contributed by atoms with Gasteiger partial charge in [-0.25, -0.2) is 4.39 Å². The molecule has 2 aromatic rings. The lowest BCUT2D eigenvalue weighted by Gasteiger charge is -2.31. The molecule has 0 spiro atoms. The van der Waals surface area contributed by atoms with Crippen molar-refractivity contribution >= 4 is 0 Å². The zero-order valence-corrected chi connectivity index (χ0v) is 18.9. The summed E-state index contributed by atoms with van der Waals surface area (Å²) in [6, 6.07) is 8.02. The van der Waals surface area contributed by atoms with Crippen LogP contribution in [-0.4, -0.2) is 25.5 Å². The Morgan fingerprint density at radius 1 is 0.912 bits per heavy atom. The van der Waals surface area contributed by atoms with Crippen LogP contribution in [0.1, 0.15) is 53.9 Å². The Kier molecular flexibility index (Phi) is 9.61. The fraction of sp³-hybridized carbons (Fsp3) is 0.500. The second-order valence-electron chi connectivity index (χ2n) is 8.74. The number of rotatable bonds is 5. The second kappa shape index (κ2) is 11.8. The van der Waals surface area contributed by atoms with Gasteiger partial charge in [-0.1, -0.05) is 23.7 Å². The van der Waals surface area contributed by atoms with Gasteiger partial charge in [-0.15, -0.1) is 0 Å². The fourth-order valence-electron chi connectivity index (χ4n) is 4.20. The molecule has 34 heavy (non-hydrogen) atoms. The van der Waals surface area contributed by atoms with Crippen LogP contribution in [0.5, 0.6) is 0 Å². The highest BCUT2D eigenvalue weighted by Crippen LogP contribution is 2.37. The van der Waals surface area contributed by atoms with Crippen molar-refractivity contribution in [1.29, 1.82) is 0 Å². The summed E-state index contributed by atoms with van der Waals surface area (Å²) in [6.07, 6.45) is -4.65. The molecule has 0 unspecified atom stereocenters. The molecular formula is C24H27F7N2O. The van der Waals surface area contributed by atoms with Crippen LogP contribution >= 0.6 is 0 Å². The second-order valence-corrected chi connectivity index (χ2v) is 8.74. The average Bonchev–Trinajstić information content (AvgIpc) is 2.73. The lowest BCUT2D eigenvalue weighted by Crippen LogP contribution is -2.25. The average molecular weight is 492 g/mol. The molecule has 3 nitrogen and oxygen atoms in total. The molecule has 188 valence electrons. The summed E-state index contributed by atoms with van der Waals surface area (Å²) in [7, 11) is 4.28. The van der Waals surface area contributed by atoms with Crippen LogP contribution in [0.4, 0.5) is 30.7 Å². The minimum Gasteiger partial charge on any atom is -0.309 e. The predicted molar refractivity (Wildman–Crippen MR) is 116 cm³/mol. The molecule has 3 rings (SSSR count). The van der Waals surface area contributed by atoms with Gasteiger partial charge < -0.3 is 4.90 Å². The van der Waals surface area contributed by atoms with Crippen molar-refractivity contribution in [1.82, 2.24) is 4.90 Å². The number of nitrogens with zero attached hydrogens (tertiary/aromatic N) is 2. The summed E-state index contributed by atoms with van der Waals surface area (Å²) in [5.41, 5.74) is -2.02. The van der Waals surface area contributed by atoms with Gasteiger partial charge in [0, 0.05) is 6.54 Å². The summed E-state index contributed by atoms with van der Waals surface area (Å²) >= 11 is 0. The van der Waals surface area contributed by atoms with Gasteiger partial charge in [0.1, 0.15) is 12.4 Å². The van der Waals surface area contributed by atoms with Crippen LogP contribution in [0.15, 0.2) is 47.6 Å². The molecule has 2 atom stereocenters. The summed E-state index contributed by atoms with van der Waals surface area (Å²) in [4.78, 5) is 12.2. The van der Waals surface area contributed by atoms with E-state index in [0.717, 1.165) is 5.92 Å². The molecule has 1 aliphatic rings. The minimum atomic E-state index is -4.90. The smallest absolute Gasteiger partial charge is 0.309 e. The maximum absolute atomic E-state index is 12.9. The van der Waals surface area contributed by atoms with Crippen molar-refractivity contribution in [2.24, 2.45) is 11.1 Å². The van der Waals surface area contributed by atoms with E-state index in [0.29, 0.717) is 18.1 Å². The summed E-state index contributed by atoms with van der Waals surface area (Å²) in [5.74, 6) is 1.30. The molecule has 0 aliphatic heterocycles. The maximum Gasteiger partial charge on any atom is 0.416 e. The third-order valence-corrected chi connectivity index (χ3v) is 5.64. The van der Waals surface area contributed by atoms with Gasteiger partial charge in [0.25, 0.3) is 0 Å². The number of hydrogen-bond donors (Lipinski definition) is 0. The fourth-order valence-corrected chi connectivity index (χ4v) is 4.20. The highest BCUT2D eigenvalue weighted by molar-refractivity contribution is 5.33. The Balaban J connectivity index is 0.000000240. The van der Waals surface area contributed by atoms with Crippen LogP contribution < -0.4 is 0 Å². The Bertz CT molecular complexity index is 892. The van der Waals surface area contributed by atoms with Crippen molar-refractivity contribution in [3.8, 4) is 0 Å². The van der Waals surface area contributed by atoms with E-state index in [1.54, 1.807) is 12.1 Å². The van der Waals surface area contributed by atoms with E-state index in [1.807, 2.05) is 12.1 Å². The topological polar surface area (TPSA) is 32.7 Å². The number of benzene rings is 2. The zero-order valence-electron chi connectivity index (χ0n) is 18.9. The monoisotopic (exact) mass is 492 g/mol. The first-order chi connectivity index (χ1) is 15.8. The van der Waals surface area contributed by atoms with E-state index in [1.165, 1.54) is 37.8 Å². The largest absolute Gasteiger partial charge is 0.416 e. The van der Waals surface area contributed by atoms with Crippen molar-refractivity contribution < 1.29 is 30.7 Å². The lowest BCUT2D eigenvalue weighted by atomic mass is 9.78. The molecule has 0 radical (unpaired) electrons. The first-order valence-electron chi connectivity index (χ1n) is 10.8. The molecule has 1 saturated carbocycles. The van der Waals surface area contributed by atoms with Crippen LogP contribution in [-0.2, 0) is 18.9 Å². The van der Waals surface area contributed by atoms with Crippen molar-refractivity contribution in [3.63, 3.8) is 0 Å². The van der Waals surface area contributed by atoms with Crippen LogP contribution in [0, 0.1) is 16.6 Å². The molecule has 2 aromatic carbocycles. The first kappa shape index (κ1) is 27.8. The highest BCUT2D eigenvalue weighted by atomic mass is 19.4. The third kappa shape index (κ3) is 8.70. The molecule has 0 aromatic heterocycles. The molecule has 0 bridgehead atoms. The summed E-state index contributed by atoms with van der Waals surface area (Å²) in [5, 5.41) is 2.27. The molecule has 10 heteroatoms. The van der Waals surface area contributed by atoms with E-state index >= 15 is 0 Å². The van der Waals surface area contributed by atoms with Gasteiger partial charge in [-0.3, -0.25) is 0 Å². The van der Waals surface area contributed by atoms with E-state index in [4.69, 9.17) is 0 Å². The Hall–Kier alpha value is -2.49. The maximum atomic E-state index is 12.9. The number of hydrogen-bond acceptors (Lipinski definition) is 3. The van der Waals surface area contributed by atoms with Gasteiger partial charge in [-0.2, -0.15) is 31.2 Å². The predicted octanol–water partition coefficient (Wildman–Crippen LogP) is 7.65. The molecule has 0 saturated heterocycles. The van der Waals surface area contributed by atoms with Crippen molar-refractivity contribution in [3.05, 3.63) is 75.4 Å². The molecule has 0 N–H and O–H groups in total. The van der Waals surface area contributed by atoms with Gasteiger partial charge in [0.05, 0.1) is 11.1 Å². The Morgan fingerprint density at radius 3 is 1.94 bits per heavy atom. The minimum absolute atomic E-state index is 0.00565. The van der Waals surface area contributed by atoms with Gasteiger partial charge >= 0.3 is 12.4 Å². The van der Waals surface area contributed by atoms with E-state index in [9.17, 15) is 35.6 Å². The van der Waals surface area contributed by atoms with E-state index in [2.05, 4.69) is 24.2 Å². The Morgan fingerprint density at radius 2 is 1.47 bits per heavy atom. The van der Waals surface area contributed by atoms with Gasteiger partial charge in [-0.05, 0) is 86.7 Å².